The lowest BCUT2D eigenvalue weighted by molar-refractivity contribution is 0.550. The molecule has 0 aromatic heterocycles. The van der Waals surface area contributed by atoms with Crippen LogP contribution in [0.3, 0.4) is 0 Å². The van der Waals surface area contributed by atoms with Crippen LogP contribution in [0.2, 0.25) is 0 Å². The molecule has 0 heteroatoms. The van der Waals surface area contributed by atoms with E-state index >= 15 is 0 Å². The molecule has 0 nitrogen and oxygen atoms in total. The molecule has 0 N–H and O–H groups in total. The lowest BCUT2D eigenvalue weighted by Crippen LogP contribution is -2.20. The molecule has 0 amide bonds. The third-order valence-corrected chi connectivity index (χ3v) is 4.63. The first-order valence-corrected chi connectivity index (χ1v) is 6.61. The van der Waals surface area contributed by atoms with E-state index in [1.165, 1.54) is 36.8 Å². The molecule has 1 spiro atoms. The Kier molecular flexibility index (Phi) is 1.80. The number of hydrogen-bond donors (Lipinski definition) is 0. The highest BCUT2D eigenvalue weighted by molar-refractivity contribution is 5.81. The van der Waals surface area contributed by atoms with Crippen LogP contribution in [0.1, 0.15) is 36.8 Å². The first-order valence-electron chi connectivity index (χ1n) is 6.61. The summed E-state index contributed by atoms with van der Waals surface area (Å²) < 4.78 is 0. The van der Waals surface area contributed by atoms with Gasteiger partial charge < -0.3 is 0 Å². The fourth-order valence-corrected chi connectivity index (χ4v) is 3.93. The van der Waals surface area contributed by atoms with Gasteiger partial charge in [0.05, 0.1) is 0 Å². The monoisotopic (exact) mass is 220 g/mol. The molecule has 2 aromatic rings. The summed E-state index contributed by atoms with van der Waals surface area (Å²) in [7, 11) is 0. The molecule has 84 valence electrons. The van der Waals surface area contributed by atoms with E-state index in [-0.39, 0.29) is 0 Å². The molecule has 2 aliphatic carbocycles. The van der Waals surface area contributed by atoms with Crippen LogP contribution in [0, 0.1) is 0 Å². The molecule has 1 fully saturated rings. The van der Waals surface area contributed by atoms with E-state index in [1.54, 1.807) is 11.1 Å². The van der Waals surface area contributed by atoms with Gasteiger partial charge in [-0.25, -0.2) is 0 Å². The van der Waals surface area contributed by atoms with Crippen molar-refractivity contribution in [1.82, 2.24) is 0 Å². The lowest BCUT2D eigenvalue weighted by Gasteiger charge is -2.26. The van der Waals surface area contributed by atoms with Crippen molar-refractivity contribution in [1.29, 1.82) is 0 Å². The van der Waals surface area contributed by atoms with Crippen molar-refractivity contribution in [3.63, 3.8) is 0 Å². The summed E-state index contributed by atoms with van der Waals surface area (Å²) in [5, 5.41) is 0. The highest BCUT2D eigenvalue weighted by atomic mass is 14.5. The first kappa shape index (κ1) is 9.47. The van der Waals surface area contributed by atoms with Gasteiger partial charge in [-0.1, -0.05) is 61.4 Å². The van der Waals surface area contributed by atoms with E-state index in [2.05, 4.69) is 48.5 Å². The van der Waals surface area contributed by atoms with Gasteiger partial charge in [0, 0.05) is 5.41 Å². The third-order valence-electron chi connectivity index (χ3n) is 4.63. The van der Waals surface area contributed by atoms with Crippen molar-refractivity contribution in [2.24, 2.45) is 0 Å². The van der Waals surface area contributed by atoms with Crippen LogP contribution < -0.4 is 0 Å². The Bertz CT molecular complexity index is 527. The number of fused-ring (bicyclic) bond motifs is 5. The van der Waals surface area contributed by atoms with Gasteiger partial charge >= 0.3 is 0 Å². The van der Waals surface area contributed by atoms with Gasteiger partial charge in [0.2, 0.25) is 0 Å². The third kappa shape index (κ3) is 1.08. The average Bonchev–Trinajstić information content (AvgIpc) is 2.98. The zero-order valence-electron chi connectivity index (χ0n) is 9.95. The number of benzene rings is 2. The second-order valence-corrected chi connectivity index (χ2v) is 5.38. The van der Waals surface area contributed by atoms with Crippen LogP contribution in [-0.2, 0) is 5.41 Å². The zero-order chi connectivity index (χ0) is 11.3. The summed E-state index contributed by atoms with van der Waals surface area (Å²) in [6.07, 6.45) is 5.42. The van der Waals surface area contributed by atoms with Crippen molar-refractivity contribution in [3.8, 4) is 11.1 Å². The highest BCUT2D eigenvalue weighted by Crippen LogP contribution is 2.56. The van der Waals surface area contributed by atoms with Gasteiger partial charge in [0.15, 0.2) is 0 Å². The molecule has 0 radical (unpaired) electrons. The Morgan fingerprint density at radius 2 is 1.12 bits per heavy atom. The minimum Gasteiger partial charge on any atom is -0.0619 e. The summed E-state index contributed by atoms with van der Waals surface area (Å²) in [6.45, 7) is 0. The van der Waals surface area contributed by atoms with Crippen molar-refractivity contribution >= 4 is 0 Å². The molecule has 4 rings (SSSR count). The van der Waals surface area contributed by atoms with E-state index in [1.807, 2.05) is 0 Å². The van der Waals surface area contributed by atoms with Crippen molar-refractivity contribution in [2.45, 2.75) is 31.1 Å². The van der Waals surface area contributed by atoms with Crippen LogP contribution in [0.5, 0.6) is 0 Å². The fraction of sp³-hybridized carbons (Fsp3) is 0.294. The Morgan fingerprint density at radius 3 is 1.65 bits per heavy atom. The van der Waals surface area contributed by atoms with E-state index in [0.717, 1.165) is 0 Å². The van der Waals surface area contributed by atoms with Crippen LogP contribution in [-0.4, -0.2) is 0 Å². The molecule has 2 aromatic carbocycles. The first-order chi connectivity index (χ1) is 8.42. The minimum atomic E-state index is 0.354. The maximum atomic E-state index is 2.35. The molecule has 0 unspecified atom stereocenters. The molecular weight excluding hydrogens is 204 g/mol. The number of rotatable bonds is 0. The second kappa shape index (κ2) is 3.22. The van der Waals surface area contributed by atoms with Gasteiger partial charge in [0.1, 0.15) is 0 Å². The SMILES string of the molecule is c1ccc2c(c1)-c1ccccc1C21CCCC1. The van der Waals surface area contributed by atoms with E-state index in [9.17, 15) is 0 Å². The molecule has 1 saturated carbocycles. The summed E-state index contributed by atoms with van der Waals surface area (Å²) in [5.41, 5.74) is 6.47. The Balaban J connectivity index is 2.09. The zero-order valence-corrected chi connectivity index (χ0v) is 9.95. The Labute approximate surface area is 102 Å². The smallest absolute Gasteiger partial charge is 0.0215 e. The molecule has 2 aliphatic rings. The standard InChI is InChI=1S/C17H16/c1-3-9-15-13(7-1)14-8-2-4-10-16(14)17(15)11-5-6-12-17/h1-4,7-10H,5-6,11-12H2. The lowest BCUT2D eigenvalue weighted by atomic mass is 9.77. The molecule has 0 atom stereocenters. The summed E-state index contributed by atoms with van der Waals surface area (Å²) in [4.78, 5) is 0. The van der Waals surface area contributed by atoms with Gasteiger partial charge in [-0.2, -0.15) is 0 Å². The fourth-order valence-electron chi connectivity index (χ4n) is 3.93. The van der Waals surface area contributed by atoms with E-state index < -0.39 is 0 Å². The molecular formula is C17H16. The number of hydrogen-bond acceptors (Lipinski definition) is 0. The minimum absolute atomic E-state index is 0.354. The average molecular weight is 220 g/mol. The molecule has 17 heavy (non-hydrogen) atoms. The van der Waals surface area contributed by atoms with Gasteiger partial charge in [-0.05, 0) is 35.1 Å². The van der Waals surface area contributed by atoms with E-state index in [4.69, 9.17) is 0 Å². The molecule has 0 saturated heterocycles. The largest absolute Gasteiger partial charge is 0.0619 e. The Hall–Kier alpha value is -1.56. The van der Waals surface area contributed by atoms with Gasteiger partial charge in [0.25, 0.3) is 0 Å². The molecule has 0 heterocycles. The molecule has 0 bridgehead atoms. The van der Waals surface area contributed by atoms with Crippen molar-refractivity contribution < 1.29 is 0 Å². The summed E-state index contributed by atoms with van der Waals surface area (Å²) in [6, 6.07) is 18.0. The van der Waals surface area contributed by atoms with Crippen LogP contribution >= 0.6 is 0 Å². The molecule has 0 aliphatic heterocycles. The van der Waals surface area contributed by atoms with E-state index in [0.29, 0.717) is 5.41 Å². The highest BCUT2D eigenvalue weighted by Gasteiger charge is 2.44. The van der Waals surface area contributed by atoms with Crippen LogP contribution in [0.4, 0.5) is 0 Å². The van der Waals surface area contributed by atoms with Crippen molar-refractivity contribution in [3.05, 3.63) is 59.7 Å². The predicted molar refractivity (Wildman–Crippen MR) is 71.1 cm³/mol. The summed E-state index contributed by atoms with van der Waals surface area (Å²) >= 11 is 0. The van der Waals surface area contributed by atoms with Gasteiger partial charge in [-0.15, -0.1) is 0 Å². The van der Waals surface area contributed by atoms with Crippen molar-refractivity contribution in [2.75, 3.05) is 0 Å². The van der Waals surface area contributed by atoms with Crippen LogP contribution in [0.15, 0.2) is 48.5 Å². The quantitative estimate of drug-likeness (QED) is 0.612. The second-order valence-electron chi connectivity index (χ2n) is 5.38. The van der Waals surface area contributed by atoms with Gasteiger partial charge in [-0.3, -0.25) is 0 Å². The normalized spacial score (nSPS) is 19.3. The predicted octanol–water partition coefficient (Wildman–Crippen LogP) is 4.53. The topological polar surface area (TPSA) is 0 Å². The van der Waals surface area contributed by atoms with Crippen LogP contribution in [0.25, 0.3) is 11.1 Å². The maximum absolute atomic E-state index is 2.35. The maximum Gasteiger partial charge on any atom is 0.0215 e. The summed E-state index contributed by atoms with van der Waals surface area (Å²) in [5.74, 6) is 0. The Morgan fingerprint density at radius 1 is 0.647 bits per heavy atom.